The third-order valence-corrected chi connectivity index (χ3v) is 5.36. The van der Waals surface area contributed by atoms with E-state index in [4.69, 9.17) is 5.11 Å². The van der Waals surface area contributed by atoms with Crippen molar-refractivity contribution in [2.75, 3.05) is 0 Å². The molecule has 0 radical (unpaired) electrons. The minimum Gasteiger partial charge on any atom is -0.481 e. The average molecular weight is 359 g/mol. The summed E-state index contributed by atoms with van der Waals surface area (Å²) in [4.78, 5) is 27.8. The number of carbonyl (C=O) groups excluding carboxylic acids is 1. The van der Waals surface area contributed by atoms with Crippen LogP contribution in [0.25, 0.3) is 0 Å². The lowest BCUT2D eigenvalue weighted by atomic mass is 9.86. The van der Waals surface area contributed by atoms with Crippen molar-refractivity contribution in [2.24, 2.45) is 5.92 Å². The summed E-state index contributed by atoms with van der Waals surface area (Å²) < 4.78 is 0. The molecule has 25 heavy (non-hydrogen) atoms. The smallest absolute Gasteiger partial charge is 0.315 e. The topological polar surface area (TPSA) is 91.3 Å². The first-order valence-electron chi connectivity index (χ1n) is 8.37. The first-order valence-corrected chi connectivity index (χ1v) is 9.25. The van der Waals surface area contributed by atoms with E-state index < -0.39 is 5.97 Å². The third-order valence-electron chi connectivity index (χ3n) is 4.52. The molecule has 1 aromatic heterocycles. The Morgan fingerprint density at radius 3 is 2.48 bits per heavy atom. The molecule has 1 aliphatic rings. The third kappa shape index (κ3) is 4.57. The van der Waals surface area contributed by atoms with Crippen LogP contribution in [0.3, 0.4) is 0 Å². The van der Waals surface area contributed by atoms with Gasteiger partial charge in [-0.2, -0.15) is 0 Å². The summed E-state index contributed by atoms with van der Waals surface area (Å²) in [7, 11) is 0. The van der Waals surface area contributed by atoms with Crippen molar-refractivity contribution in [3.8, 4) is 0 Å². The zero-order chi connectivity index (χ0) is 17.6. The first-order chi connectivity index (χ1) is 12.1. The van der Waals surface area contributed by atoms with Gasteiger partial charge in [0, 0.05) is 17.6 Å². The van der Waals surface area contributed by atoms with Gasteiger partial charge in [-0.15, -0.1) is 11.3 Å². The van der Waals surface area contributed by atoms with Gasteiger partial charge in [0.25, 0.3) is 0 Å². The van der Waals surface area contributed by atoms with Crippen LogP contribution in [-0.2, 0) is 4.79 Å². The fraction of sp³-hybridized carbons (Fsp3) is 0.389. The number of carboxylic acids is 1. The van der Waals surface area contributed by atoms with Crippen LogP contribution in [0, 0.1) is 5.92 Å². The molecular weight excluding hydrogens is 338 g/mol. The minimum atomic E-state index is -0.740. The second kappa shape index (κ2) is 8.11. The van der Waals surface area contributed by atoms with E-state index in [1.807, 2.05) is 35.7 Å². The number of benzene rings is 1. The molecule has 1 saturated carbocycles. The van der Waals surface area contributed by atoms with Gasteiger partial charge in [-0.1, -0.05) is 30.3 Å². The summed E-state index contributed by atoms with van der Waals surface area (Å²) in [6.45, 7) is 0. The summed E-state index contributed by atoms with van der Waals surface area (Å²) in [6, 6.07) is 9.20. The second-order valence-corrected chi connectivity index (χ2v) is 7.14. The quantitative estimate of drug-likeness (QED) is 0.765. The van der Waals surface area contributed by atoms with E-state index in [0.717, 1.165) is 10.6 Å². The van der Waals surface area contributed by atoms with Crippen LogP contribution in [0.5, 0.6) is 0 Å². The molecule has 2 aromatic rings. The van der Waals surface area contributed by atoms with Gasteiger partial charge in [0.2, 0.25) is 0 Å². The molecule has 1 atom stereocenters. The SMILES string of the molecule is O=C(NC1CCC(C(=O)O)CC1)NC(c1ccccc1)c1nccs1. The average Bonchev–Trinajstić information content (AvgIpc) is 3.15. The van der Waals surface area contributed by atoms with Gasteiger partial charge in [-0.3, -0.25) is 4.79 Å². The molecule has 7 heteroatoms. The lowest BCUT2D eigenvalue weighted by molar-refractivity contribution is -0.142. The molecule has 0 aliphatic heterocycles. The van der Waals surface area contributed by atoms with Gasteiger partial charge in [0.05, 0.1) is 5.92 Å². The fourth-order valence-corrected chi connectivity index (χ4v) is 3.87. The number of aromatic nitrogens is 1. The molecule has 0 spiro atoms. The van der Waals surface area contributed by atoms with Gasteiger partial charge in [0.1, 0.15) is 11.0 Å². The number of amides is 2. The van der Waals surface area contributed by atoms with E-state index in [1.165, 1.54) is 11.3 Å². The van der Waals surface area contributed by atoms with Gasteiger partial charge in [-0.05, 0) is 31.2 Å². The monoisotopic (exact) mass is 359 g/mol. The zero-order valence-electron chi connectivity index (χ0n) is 13.7. The van der Waals surface area contributed by atoms with Crippen LogP contribution in [-0.4, -0.2) is 28.1 Å². The lowest BCUT2D eigenvalue weighted by Gasteiger charge is -2.27. The Hall–Kier alpha value is -2.41. The predicted octanol–water partition coefficient (Wildman–Crippen LogP) is 3.18. The number of hydrogen-bond donors (Lipinski definition) is 3. The van der Waals surface area contributed by atoms with Crippen molar-refractivity contribution in [3.05, 3.63) is 52.5 Å². The molecule has 1 aliphatic carbocycles. The van der Waals surface area contributed by atoms with Crippen LogP contribution in [0.2, 0.25) is 0 Å². The highest BCUT2D eigenvalue weighted by atomic mass is 32.1. The Labute approximate surface area is 150 Å². The van der Waals surface area contributed by atoms with E-state index >= 15 is 0 Å². The van der Waals surface area contributed by atoms with E-state index in [2.05, 4.69) is 15.6 Å². The number of thiazole rings is 1. The van der Waals surface area contributed by atoms with Crippen LogP contribution in [0.4, 0.5) is 4.79 Å². The van der Waals surface area contributed by atoms with Crippen LogP contribution in [0.15, 0.2) is 41.9 Å². The molecule has 132 valence electrons. The highest BCUT2D eigenvalue weighted by Crippen LogP contribution is 2.26. The molecule has 1 heterocycles. The number of hydrogen-bond acceptors (Lipinski definition) is 4. The van der Waals surface area contributed by atoms with Gasteiger partial charge in [-0.25, -0.2) is 9.78 Å². The van der Waals surface area contributed by atoms with Crippen molar-refractivity contribution in [2.45, 2.75) is 37.8 Å². The van der Waals surface area contributed by atoms with E-state index in [1.54, 1.807) is 6.20 Å². The van der Waals surface area contributed by atoms with Crippen LogP contribution in [0.1, 0.15) is 42.3 Å². The molecule has 3 rings (SSSR count). The normalized spacial score (nSPS) is 21.3. The summed E-state index contributed by atoms with van der Waals surface area (Å²) >= 11 is 1.50. The molecule has 1 aromatic carbocycles. The minimum absolute atomic E-state index is 0.0170. The number of carboxylic acid groups (broad SMARTS) is 1. The summed E-state index contributed by atoms with van der Waals surface area (Å²) in [6.07, 6.45) is 4.32. The van der Waals surface area contributed by atoms with Crippen LogP contribution >= 0.6 is 11.3 Å². The molecule has 0 bridgehead atoms. The maximum atomic E-state index is 12.4. The summed E-state index contributed by atoms with van der Waals surface area (Å²) in [5.74, 6) is -1.02. The largest absolute Gasteiger partial charge is 0.481 e. The highest BCUT2D eigenvalue weighted by Gasteiger charge is 2.27. The van der Waals surface area contributed by atoms with Crippen molar-refractivity contribution in [3.63, 3.8) is 0 Å². The van der Waals surface area contributed by atoms with Crippen molar-refractivity contribution >= 4 is 23.3 Å². The summed E-state index contributed by atoms with van der Waals surface area (Å²) in [5.41, 5.74) is 0.974. The lowest BCUT2D eigenvalue weighted by Crippen LogP contribution is -2.45. The second-order valence-electron chi connectivity index (χ2n) is 6.22. The van der Waals surface area contributed by atoms with Crippen molar-refractivity contribution in [1.82, 2.24) is 15.6 Å². The number of aliphatic carboxylic acids is 1. The van der Waals surface area contributed by atoms with Gasteiger partial charge in [0.15, 0.2) is 0 Å². The standard InChI is InChI=1S/C18H21N3O3S/c22-17(23)13-6-8-14(9-7-13)20-18(24)21-15(16-19-10-11-25-16)12-4-2-1-3-5-12/h1-5,10-11,13-15H,6-9H2,(H,22,23)(H2,20,21,24). The number of nitrogens with zero attached hydrogens (tertiary/aromatic N) is 1. The maximum absolute atomic E-state index is 12.4. The molecule has 3 N–H and O–H groups in total. The summed E-state index contributed by atoms with van der Waals surface area (Å²) in [5, 5.41) is 17.7. The van der Waals surface area contributed by atoms with Crippen LogP contribution < -0.4 is 10.6 Å². The Balaban J connectivity index is 1.61. The zero-order valence-corrected chi connectivity index (χ0v) is 14.5. The molecule has 6 nitrogen and oxygen atoms in total. The molecule has 1 fully saturated rings. The van der Waals surface area contributed by atoms with E-state index in [-0.39, 0.29) is 24.0 Å². The van der Waals surface area contributed by atoms with Crippen molar-refractivity contribution < 1.29 is 14.7 Å². The number of carbonyl (C=O) groups is 2. The fourth-order valence-electron chi connectivity index (χ4n) is 3.15. The van der Waals surface area contributed by atoms with E-state index in [0.29, 0.717) is 25.7 Å². The molecule has 2 amide bonds. The number of urea groups is 1. The Morgan fingerprint density at radius 2 is 1.88 bits per heavy atom. The number of rotatable bonds is 5. The van der Waals surface area contributed by atoms with E-state index in [9.17, 15) is 9.59 Å². The van der Waals surface area contributed by atoms with Crippen molar-refractivity contribution in [1.29, 1.82) is 0 Å². The van der Waals surface area contributed by atoms with Gasteiger partial charge >= 0.3 is 12.0 Å². The Morgan fingerprint density at radius 1 is 1.16 bits per heavy atom. The molecule has 0 saturated heterocycles. The first kappa shape index (κ1) is 17.4. The maximum Gasteiger partial charge on any atom is 0.315 e. The van der Waals surface area contributed by atoms with Gasteiger partial charge < -0.3 is 15.7 Å². The predicted molar refractivity (Wildman–Crippen MR) is 95.4 cm³/mol. The molecular formula is C18H21N3O3S. The Kier molecular flexibility index (Phi) is 5.65. The highest BCUT2D eigenvalue weighted by molar-refractivity contribution is 7.09. The molecule has 1 unspecified atom stereocenters. The Bertz CT molecular complexity index is 698. The number of nitrogens with one attached hydrogen (secondary N) is 2.